The highest BCUT2D eigenvalue weighted by Gasteiger charge is 2.33. The molecule has 2 heterocycles. The first-order valence-electron chi connectivity index (χ1n) is 9.33. The number of amides is 1. The Bertz CT molecular complexity index is 861. The smallest absolute Gasteiger partial charge is 0.237 e. The molecule has 1 saturated heterocycles. The second kappa shape index (κ2) is 7.61. The van der Waals surface area contributed by atoms with Gasteiger partial charge in [-0.1, -0.05) is 11.8 Å². The van der Waals surface area contributed by atoms with Crippen LogP contribution in [-0.4, -0.2) is 39.0 Å². The van der Waals surface area contributed by atoms with E-state index in [1.165, 1.54) is 24.6 Å². The topological polar surface area (TPSA) is 86.8 Å². The summed E-state index contributed by atoms with van der Waals surface area (Å²) in [5, 5.41) is 21.1. The molecule has 7 nitrogen and oxygen atoms in total. The third-order valence-electron chi connectivity index (χ3n) is 4.88. The second-order valence-electron chi connectivity index (χ2n) is 7.02. The van der Waals surface area contributed by atoms with Gasteiger partial charge in [-0.25, -0.2) is 0 Å². The molecular weight excluding hydrogens is 360 g/mol. The van der Waals surface area contributed by atoms with Crippen LogP contribution in [0, 0.1) is 11.3 Å². The summed E-state index contributed by atoms with van der Waals surface area (Å²) >= 11 is 1.45. The van der Waals surface area contributed by atoms with Crippen molar-refractivity contribution in [3.8, 4) is 6.07 Å². The maximum Gasteiger partial charge on any atom is 0.237 e. The van der Waals surface area contributed by atoms with Crippen molar-refractivity contribution in [2.45, 2.75) is 49.1 Å². The lowest BCUT2D eigenvalue weighted by atomic mass is 10.2. The van der Waals surface area contributed by atoms with Crippen molar-refractivity contribution in [1.29, 1.82) is 5.26 Å². The molecule has 2 aromatic rings. The molecule has 1 aromatic carbocycles. The van der Waals surface area contributed by atoms with E-state index in [2.05, 4.69) is 31.1 Å². The van der Waals surface area contributed by atoms with E-state index in [0.29, 0.717) is 17.3 Å². The molecule has 1 aromatic heterocycles. The molecule has 4 rings (SSSR count). The number of benzene rings is 1. The van der Waals surface area contributed by atoms with Crippen LogP contribution in [0.2, 0.25) is 0 Å². The van der Waals surface area contributed by atoms with Crippen LogP contribution in [0.4, 0.5) is 11.6 Å². The van der Waals surface area contributed by atoms with Gasteiger partial charge in [0.15, 0.2) is 5.16 Å². The van der Waals surface area contributed by atoms with Crippen molar-refractivity contribution in [1.82, 2.24) is 14.8 Å². The molecule has 1 atom stereocenters. The average molecular weight is 382 g/mol. The Morgan fingerprint density at radius 1 is 1.26 bits per heavy atom. The molecule has 0 bridgehead atoms. The third kappa shape index (κ3) is 3.93. The number of carbonyl (C=O) groups is 1. The number of thioether (sulfide) groups is 1. The minimum absolute atomic E-state index is 0.0854. The molecule has 2 fully saturated rings. The summed E-state index contributed by atoms with van der Waals surface area (Å²) in [5.74, 6) is 0.870. The number of carbonyl (C=O) groups excluding carboxylic acids is 1. The van der Waals surface area contributed by atoms with E-state index < -0.39 is 0 Å². The highest BCUT2D eigenvalue weighted by Crippen LogP contribution is 2.42. The maximum absolute atomic E-state index is 12.6. The Morgan fingerprint density at radius 3 is 2.59 bits per heavy atom. The van der Waals surface area contributed by atoms with E-state index in [1.54, 1.807) is 24.3 Å². The van der Waals surface area contributed by atoms with Crippen LogP contribution in [0.25, 0.3) is 0 Å². The summed E-state index contributed by atoms with van der Waals surface area (Å²) in [5.41, 5.74) is 1.26. The van der Waals surface area contributed by atoms with Crippen molar-refractivity contribution in [3.63, 3.8) is 0 Å². The zero-order chi connectivity index (χ0) is 18.8. The predicted octanol–water partition coefficient (Wildman–Crippen LogP) is 3.20. The number of aromatic nitrogens is 3. The molecule has 27 heavy (non-hydrogen) atoms. The molecule has 1 amide bonds. The third-order valence-corrected chi connectivity index (χ3v) is 5.94. The molecule has 140 valence electrons. The first-order chi connectivity index (χ1) is 13.2. The van der Waals surface area contributed by atoms with Crippen molar-refractivity contribution in [2.24, 2.45) is 0 Å². The van der Waals surface area contributed by atoms with Gasteiger partial charge in [0, 0.05) is 24.8 Å². The molecule has 1 aliphatic heterocycles. The van der Waals surface area contributed by atoms with E-state index in [4.69, 9.17) is 5.26 Å². The number of anilines is 2. The highest BCUT2D eigenvalue weighted by atomic mass is 32.2. The first kappa shape index (κ1) is 17.9. The minimum Gasteiger partial charge on any atom is -0.341 e. The normalized spacial score (nSPS) is 17.6. The van der Waals surface area contributed by atoms with Crippen LogP contribution in [0.5, 0.6) is 0 Å². The fourth-order valence-corrected chi connectivity index (χ4v) is 4.13. The standard InChI is InChI=1S/C19H22N6OS/c1-13(17(26)21-15-6-4-14(12-20)5-7-15)27-19-23-22-18(24-10-2-3-11-24)25(19)16-8-9-16/h4-7,13,16H,2-3,8-11H2,1H3,(H,21,26). The van der Waals surface area contributed by atoms with Crippen LogP contribution < -0.4 is 10.2 Å². The summed E-state index contributed by atoms with van der Waals surface area (Å²) in [6, 6.07) is 9.41. The fraction of sp³-hybridized carbons (Fsp3) is 0.474. The number of nitriles is 1. The molecule has 1 unspecified atom stereocenters. The Labute approximate surface area is 162 Å². The zero-order valence-corrected chi connectivity index (χ0v) is 16.1. The lowest BCUT2D eigenvalue weighted by Crippen LogP contribution is -2.24. The Hall–Kier alpha value is -2.53. The molecule has 1 N–H and O–H groups in total. The van der Waals surface area contributed by atoms with Crippen LogP contribution in [0.1, 0.15) is 44.2 Å². The highest BCUT2D eigenvalue weighted by molar-refractivity contribution is 8.00. The molecule has 1 saturated carbocycles. The maximum atomic E-state index is 12.6. The number of nitrogens with zero attached hydrogens (tertiary/aromatic N) is 5. The molecule has 0 spiro atoms. The van der Waals surface area contributed by atoms with Crippen LogP contribution in [0.3, 0.4) is 0 Å². The van der Waals surface area contributed by atoms with E-state index in [0.717, 1.165) is 37.0 Å². The molecule has 2 aliphatic rings. The Morgan fingerprint density at radius 2 is 1.96 bits per heavy atom. The van der Waals surface area contributed by atoms with Gasteiger partial charge in [-0.05, 0) is 56.9 Å². The SMILES string of the molecule is CC(Sc1nnc(N2CCCC2)n1C1CC1)C(=O)Nc1ccc(C#N)cc1. The Balaban J connectivity index is 1.45. The van der Waals surface area contributed by atoms with Crippen molar-refractivity contribution in [2.75, 3.05) is 23.3 Å². The average Bonchev–Trinajstić information content (AvgIpc) is 3.20. The van der Waals surface area contributed by atoms with E-state index >= 15 is 0 Å². The molecule has 1 aliphatic carbocycles. The minimum atomic E-state index is -0.297. The van der Waals surface area contributed by atoms with Gasteiger partial charge in [-0.2, -0.15) is 5.26 Å². The summed E-state index contributed by atoms with van der Waals surface area (Å²) < 4.78 is 2.22. The van der Waals surface area contributed by atoms with Crippen molar-refractivity contribution >= 4 is 29.3 Å². The van der Waals surface area contributed by atoms with Crippen LogP contribution in [0.15, 0.2) is 29.4 Å². The van der Waals surface area contributed by atoms with E-state index in [9.17, 15) is 4.79 Å². The quantitative estimate of drug-likeness (QED) is 0.772. The molecule has 8 heteroatoms. The van der Waals surface area contributed by atoms with Gasteiger partial charge in [0.25, 0.3) is 0 Å². The molecular formula is C19H22N6OS. The summed E-state index contributed by atoms with van der Waals surface area (Å²) in [6.07, 6.45) is 4.70. The van der Waals surface area contributed by atoms with Gasteiger partial charge >= 0.3 is 0 Å². The monoisotopic (exact) mass is 382 g/mol. The van der Waals surface area contributed by atoms with Crippen LogP contribution >= 0.6 is 11.8 Å². The first-order valence-corrected chi connectivity index (χ1v) is 10.2. The lowest BCUT2D eigenvalue weighted by molar-refractivity contribution is -0.115. The van der Waals surface area contributed by atoms with Gasteiger partial charge in [0.05, 0.1) is 16.9 Å². The van der Waals surface area contributed by atoms with Crippen LogP contribution in [-0.2, 0) is 4.79 Å². The van der Waals surface area contributed by atoms with Gasteiger partial charge in [-0.15, -0.1) is 10.2 Å². The fourth-order valence-electron chi connectivity index (χ4n) is 3.22. The summed E-state index contributed by atoms with van der Waals surface area (Å²) in [4.78, 5) is 14.9. The van der Waals surface area contributed by atoms with Gasteiger partial charge in [-0.3, -0.25) is 9.36 Å². The van der Waals surface area contributed by atoms with Crippen molar-refractivity contribution in [3.05, 3.63) is 29.8 Å². The van der Waals surface area contributed by atoms with E-state index in [1.807, 2.05) is 6.92 Å². The van der Waals surface area contributed by atoms with E-state index in [-0.39, 0.29) is 11.2 Å². The largest absolute Gasteiger partial charge is 0.341 e. The van der Waals surface area contributed by atoms with Crippen molar-refractivity contribution < 1.29 is 4.79 Å². The molecule has 0 radical (unpaired) electrons. The predicted molar refractivity (Wildman–Crippen MR) is 105 cm³/mol. The second-order valence-corrected chi connectivity index (χ2v) is 8.32. The van der Waals surface area contributed by atoms with Gasteiger partial charge in [0.2, 0.25) is 11.9 Å². The summed E-state index contributed by atoms with van der Waals surface area (Å²) in [6.45, 7) is 3.94. The number of hydrogen-bond donors (Lipinski definition) is 1. The van der Waals surface area contributed by atoms with Gasteiger partial charge < -0.3 is 10.2 Å². The van der Waals surface area contributed by atoms with Gasteiger partial charge in [0.1, 0.15) is 0 Å². The summed E-state index contributed by atoms with van der Waals surface area (Å²) in [7, 11) is 0. The zero-order valence-electron chi connectivity index (χ0n) is 15.3. The Kier molecular flexibility index (Phi) is 5.03. The number of rotatable bonds is 6. The number of hydrogen-bond acceptors (Lipinski definition) is 6. The lowest BCUT2D eigenvalue weighted by Gasteiger charge is -2.18. The number of nitrogens with one attached hydrogen (secondary N) is 1.